The van der Waals surface area contributed by atoms with E-state index in [1.54, 1.807) is 21.2 Å². The molecule has 11 heteroatoms. The fraction of sp³-hybridized carbons (Fsp3) is 0.452. The Balaban J connectivity index is 1.16. The van der Waals surface area contributed by atoms with E-state index in [1.165, 1.54) is 18.6 Å². The van der Waals surface area contributed by atoms with E-state index in [9.17, 15) is 22.8 Å². The second kappa shape index (κ2) is 11.7. The first kappa shape index (κ1) is 29.3. The number of nitrogens with one attached hydrogen (secondary N) is 1. The lowest BCUT2D eigenvalue weighted by molar-refractivity contribution is -0.137. The number of carbonyl (C=O) groups is 1. The van der Waals surface area contributed by atoms with Crippen molar-refractivity contribution < 1.29 is 18.0 Å². The normalized spacial score (nSPS) is 18.2. The molecule has 2 heterocycles. The van der Waals surface area contributed by atoms with Crippen molar-refractivity contribution in [2.24, 2.45) is 0 Å². The van der Waals surface area contributed by atoms with Crippen LogP contribution in [0.2, 0.25) is 0 Å². The van der Waals surface area contributed by atoms with Crippen molar-refractivity contribution in [2.45, 2.75) is 84.9 Å². The summed E-state index contributed by atoms with van der Waals surface area (Å²) in [5.74, 6) is -0.0662. The summed E-state index contributed by atoms with van der Waals surface area (Å²) in [7, 11) is 0. The minimum Gasteiger partial charge on any atom is -0.338 e. The molecule has 3 aliphatic rings. The molecule has 3 aromatic rings. The molecule has 2 saturated carbocycles. The molecule has 1 aliphatic heterocycles. The lowest BCUT2D eigenvalue weighted by Crippen LogP contribution is -2.49. The fourth-order valence-corrected chi connectivity index (χ4v) is 7.47. The molecule has 2 aliphatic carbocycles. The van der Waals surface area contributed by atoms with Gasteiger partial charge < -0.3 is 10.2 Å². The summed E-state index contributed by atoms with van der Waals surface area (Å²) in [5, 5.41) is 4.59. The van der Waals surface area contributed by atoms with Gasteiger partial charge in [-0.3, -0.25) is 14.2 Å². The van der Waals surface area contributed by atoms with Crippen LogP contribution < -0.4 is 10.9 Å². The quantitative estimate of drug-likeness (QED) is 0.236. The third-order valence-electron chi connectivity index (χ3n) is 8.77. The third kappa shape index (κ3) is 5.75. The number of hydrogen-bond acceptors (Lipinski definition) is 6. The second-order valence-electron chi connectivity index (χ2n) is 11.4. The maximum atomic E-state index is 13.9. The largest absolute Gasteiger partial charge is 0.416 e. The van der Waals surface area contributed by atoms with Crippen molar-refractivity contribution in [3.05, 3.63) is 81.3 Å². The second-order valence-corrected chi connectivity index (χ2v) is 13.1. The van der Waals surface area contributed by atoms with E-state index in [4.69, 9.17) is 4.98 Å². The minimum absolute atomic E-state index is 0.0662. The van der Waals surface area contributed by atoms with Crippen molar-refractivity contribution in [1.82, 2.24) is 19.8 Å². The molecule has 42 heavy (non-hydrogen) atoms. The summed E-state index contributed by atoms with van der Waals surface area (Å²) in [6.45, 7) is 1.09. The van der Waals surface area contributed by atoms with Gasteiger partial charge in [-0.05, 0) is 61.9 Å². The Bertz CT molecular complexity index is 1530. The molecular weight excluding hydrogens is 581 g/mol. The van der Waals surface area contributed by atoms with E-state index in [-0.39, 0.29) is 24.4 Å². The Morgan fingerprint density at radius 1 is 1.10 bits per heavy atom. The zero-order valence-electron chi connectivity index (χ0n) is 23.1. The predicted molar refractivity (Wildman–Crippen MR) is 159 cm³/mol. The number of nitrogens with zero attached hydrogens (tertiary/aromatic N) is 3. The first-order chi connectivity index (χ1) is 20.1. The van der Waals surface area contributed by atoms with Crippen LogP contribution >= 0.6 is 24.4 Å². The monoisotopic (exact) mass is 614 g/mol. The van der Waals surface area contributed by atoms with Crippen LogP contribution in [0.4, 0.5) is 13.2 Å². The standard InChI is InChI=1S/C31H33F3N4O2S2/c32-31(33,34)21-11-9-20(10-12-21)30(15-4-16-30)35-17-13-27(39)37-18-14-24-23(19-37)28(40)38(25-7-1-2-8-26(25)41)29(36-24)42-22-5-3-6-22/h1-2,7-12,22,35,41H,3-6,13-19H2. The van der Waals surface area contributed by atoms with Crippen LogP contribution in [-0.2, 0) is 29.5 Å². The molecule has 2 aromatic carbocycles. The Morgan fingerprint density at radius 2 is 1.83 bits per heavy atom. The van der Waals surface area contributed by atoms with Gasteiger partial charge in [-0.25, -0.2) is 4.98 Å². The van der Waals surface area contributed by atoms with Crippen molar-refractivity contribution in [3.8, 4) is 5.69 Å². The van der Waals surface area contributed by atoms with Crippen molar-refractivity contribution in [2.75, 3.05) is 13.1 Å². The molecule has 0 unspecified atom stereocenters. The summed E-state index contributed by atoms with van der Waals surface area (Å²) in [6.07, 6.45) is 2.37. The molecule has 6 nitrogen and oxygen atoms in total. The van der Waals surface area contributed by atoms with Gasteiger partial charge in [0.15, 0.2) is 5.16 Å². The Hall–Kier alpha value is -2.76. The van der Waals surface area contributed by atoms with E-state index in [0.717, 1.165) is 55.5 Å². The van der Waals surface area contributed by atoms with Crippen LogP contribution in [0.1, 0.15) is 67.3 Å². The number of alkyl halides is 3. The van der Waals surface area contributed by atoms with Crippen molar-refractivity contribution in [1.29, 1.82) is 0 Å². The highest BCUT2D eigenvalue weighted by atomic mass is 32.2. The van der Waals surface area contributed by atoms with Crippen LogP contribution in [0.15, 0.2) is 63.4 Å². The van der Waals surface area contributed by atoms with E-state index < -0.39 is 17.3 Å². The molecule has 1 aromatic heterocycles. The fourth-order valence-electron chi connectivity index (χ4n) is 5.89. The smallest absolute Gasteiger partial charge is 0.338 e. The van der Waals surface area contributed by atoms with Gasteiger partial charge in [-0.15, -0.1) is 12.6 Å². The summed E-state index contributed by atoms with van der Waals surface area (Å²) in [5.41, 5.74) is 1.56. The SMILES string of the molecule is O=C(CCNC1(c2ccc(C(F)(F)F)cc2)CCC1)N1CCc2nc(SC3CCC3)n(-c3ccccc3S)c(=O)c2C1. The molecule has 2 fully saturated rings. The summed E-state index contributed by atoms with van der Waals surface area (Å²) >= 11 is 6.26. The maximum absolute atomic E-state index is 13.9. The Kier molecular flexibility index (Phi) is 8.19. The van der Waals surface area contributed by atoms with Gasteiger partial charge in [-0.2, -0.15) is 13.2 Å². The van der Waals surface area contributed by atoms with Gasteiger partial charge in [0.1, 0.15) is 0 Å². The first-order valence-corrected chi connectivity index (χ1v) is 15.8. The number of amides is 1. The third-order valence-corrected chi connectivity index (χ3v) is 10.4. The number of thioether (sulfide) groups is 1. The van der Waals surface area contributed by atoms with E-state index in [1.807, 2.05) is 24.3 Å². The number of fused-ring (bicyclic) bond motifs is 1. The Labute approximate surface area is 252 Å². The van der Waals surface area contributed by atoms with E-state index in [2.05, 4.69) is 17.9 Å². The van der Waals surface area contributed by atoms with Crippen LogP contribution in [-0.4, -0.2) is 38.7 Å². The number of para-hydroxylation sites is 1. The zero-order valence-corrected chi connectivity index (χ0v) is 24.8. The van der Waals surface area contributed by atoms with Gasteiger partial charge in [0.25, 0.3) is 5.56 Å². The van der Waals surface area contributed by atoms with Crippen LogP contribution in [0.5, 0.6) is 0 Å². The molecule has 0 saturated heterocycles. The highest BCUT2D eigenvalue weighted by Gasteiger charge is 2.39. The zero-order chi connectivity index (χ0) is 29.5. The number of rotatable bonds is 8. The summed E-state index contributed by atoms with van der Waals surface area (Å²) in [6, 6.07) is 12.8. The van der Waals surface area contributed by atoms with E-state index >= 15 is 0 Å². The van der Waals surface area contributed by atoms with Gasteiger partial charge in [0.05, 0.1) is 29.1 Å². The highest BCUT2D eigenvalue weighted by Crippen LogP contribution is 2.42. The summed E-state index contributed by atoms with van der Waals surface area (Å²) < 4.78 is 40.7. The molecule has 0 atom stereocenters. The van der Waals surface area contributed by atoms with Gasteiger partial charge in [0, 0.05) is 41.6 Å². The van der Waals surface area contributed by atoms with Crippen LogP contribution in [0.3, 0.4) is 0 Å². The summed E-state index contributed by atoms with van der Waals surface area (Å²) in [4.78, 5) is 34.6. The molecule has 222 valence electrons. The number of thiol groups is 1. The van der Waals surface area contributed by atoms with Crippen LogP contribution in [0, 0.1) is 0 Å². The molecule has 0 spiro atoms. The number of carbonyl (C=O) groups excluding carboxylic acids is 1. The predicted octanol–water partition coefficient (Wildman–Crippen LogP) is 6.13. The maximum Gasteiger partial charge on any atom is 0.416 e. The number of aromatic nitrogens is 2. The number of benzene rings is 2. The molecule has 1 amide bonds. The molecule has 6 rings (SSSR count). The minimum atomic E-state index is -4.37. The molecule has 1 N–H and O–H groups in total. The lowest BCUT2D eigenvalue weighted by Gasteiger charge is -2.43. The topological polar surface area (TPSA) is 67.2 Å². The highest BCUT2D eigenvalue weighted by molar-refractivity contribution is 7.99. The molecular formula is C31H33F3N4O2S2. The van der Waals surface area contributed by atoms with Crippen LogP contribution in [0.25, 0.3) is 5.69 Å². The first-order valence-electron chi connectivity index (χ1n) is 14.4. The van der Waals surface area contributed by atoms with Crippen molar-refractivity contribution >= 4 is 30.3 Å². The molecule has 0 radical (unpaired) electrons. The van der Waals surface area contributed by atoms with E-state index in [0.29, 0.717) is 46.1 Å². The molecule has 0 bridgehead atoms. The van der Waals surface area contributed by atoms with Gasteiger partial charge >= 0.3 is 6.18 Å². The number of halogens is 3. The average Bonchev–Trinajstić information content (AvgIpc) is 2.92. The van der Waals surface area contributed by atoms with Crippen molar-refractivity contribution in [3.63, 3.8) is 0 Å². The van der Waals surface area contributed by atoms with Gasteiger partial charge in [0.2, 0.25) is 5.91 Å². The average molecular weight is 615 g/mol. The lowest BCUT2D eigenvalue weighted by atomic mass is 9.71. The Morgan fingerprint density at radius 3 is 2.45 bits per heavy atom. The number of hydrogen-bond donors (Lipinski definition) is 2. The van der Waals surface area contributed by atoms with Gasteiger partial charge in [-0.1, -0.05) is 42.4 Å².